The number of anilines is 1. The Balaban J connectivity index is 1.53. The summed E-state index contributed by atoms with van der Waals surface area (Å²) >= 11 is 0. The molecule has 6 atom stereocenters. The SMILES string of the molecule is CCN1C(=O)C2CC=C3C(CC4C(=O)N(c5ccccc5)C(=O)C4(C)C3c3ccc(OC)c(O)c3)C2C1=O. The molecule has 3 fully saturated rings. The van der Waals surface area contributed by atoms with Crippen LogP contribution in [0.2, 0.25) is 0 Å². The number of amides is 4. The molecule has 0 aromatic heterocycles. The van der Waals surface area contributed by atoms with E-state index in [9.17, 15) is 24.3 Å². The van der Waals surface area contributed by atoms with Crippen LogP contribution in [0.5, 0.6) is 11.5 Å². The number of carbonyl (C=O) groups excluding carboxylic acids is 4. The number of likely N-dealkylation sites (tertiary alicyclic amines) is 1. The molecule has 6 unspecified atom stereocenters. The van der Waals surface area contributed by atoms with Gasteiger partial charge in [0, 0.05) is 12.5 Å². The van der Waals surface area contributed by atoms with Crippen molar-refractivity contribution in [2.45, 2.75) is 32.6 Å². The van der Waals surface area contributed by atoms with E-state index in [0.717, 1.165) is 5.57 Å². The molecule has 8 heteroatoms. The van der Waals surface area contributed by atoms with Gasteiger partial charge in [-0.05, 0) is 62.4 Å². The summed E-state index contributed by atoms with van der Waals surface area (Å²) in [7, 11) is 1.46. The number of hydrogen-bond donors (Lipinski definition) is 1. The predicted octanol–water partition coefficient (Wildman–Crippen LogP) is 3.65. The van der Waals surface area contributed by atoms with Gasteiger partial charge in [-0.15, -0.1) is 0 Å². The van der Waals surface area contributed by atoms with Crippen LogP contribution in [-0.2, 0) is 19.2 Å². The molecule has 8 nitrogen and oxygen atoms in total. The summed E-state index contributed by atoms with van der Waals surface area (Å²) in [4.78, 5) is 57.4. The van der Waals surface area contributed by atoms with Crippen LogP contribution in [0.25, 0.3) is 0 Å². The van der Waals surface area contributed by atoms with Crippen LogP contribution < -0.4 is 9.64 Å². The van der Waals surface area contributed by atoms with Crippen LogP contribution >= 0.6 is 0 Å². The molecule has 2 aromatic rings. The maximum atomic E-state index is 14.2. The number of para-hydroxylation sites is 1. The number of rotatable bonds is 4. The topological polar surface area (TPSA) is 104 Å². The fourth-order valence-corrected chi connectivity index (χ4v) is 7.48. The van der Waals surface area contributed by atoms with Crippen LogP contribution in [0, 0.1) is 29.1 Å². The lowest BCUT2D eigenvalue weighted by Crippen LogP contribution is -2.48. The highest BCUT2D eigenvalue weighted by molar-refractivity contribution is 6.24. The standard InChI is InChI=1S/C30H30N2O6/c1-4-31-26(34)19-12-11-18-20(24(19)28(31)36)15-21-27(35)32(17-8-6-5-7-9-17)29(37)30(21,2)25(18)16-10-13-23(38-3)22(33)14-16/h5-11,13-14,19-21,24-25,33H,4,12,15H2,1-3H3. The zero-order chi connectivity index (χ0) is 26.9. The molecule has 6 rings (SSSR count). The van der Waals surface area contributed by atoms with Crippen LogP contribution in [-0.4, -0.2) is 47.3 Å². The summed E-state index contributed by atoms with van der Waals surface area (Å²) in [5.41, 5.74) is 0.933. The van der Waals surface area contributed by atoms with Crippen molar-refractivity contribution in [3.63, 3.8) is 0 Å². The molecule has 0 radical (unpaired) electrons. The molecule has 1 saturated carbocycles. The fourth-order valence-electron chi connectivity index (χ4n) is 7.48. The third-order valence-corrected chi connectivity index (χ3v) is 9.23. The highest BCUT2D eigenvalue weighted by atomic mass is 16.5. The Morgan fingerprint density at radius 3 is 2.39 bits per heavy atom. The van der Waals surface area contributed by atoms with E-state index < -0.39 is 29.1 Å². The Morgan fingerprint density at radius 2 is 1.74 bits per heavy atom. The lowest BCUT2D eigenvalue weighted by molar-refractivity contribution is -0.140. The van der Waals surface area contributed by atoms with Crippen molar-refractivity contribution < 1.29 is 29.0 Å². The van der Waals surface area contributed by atoms with E-state index in [2.05, 4.69) is 0 Å². The van der Waals surface area contributed by atoms with Crippen molar-refractivity contribution in [1.82, 2.24) is 4.90 Å². The minimum absolute atomic E-state index is 0.0671. The van der Waals surface area contributed by atoms with Gasteiger partial charge in [-0.25, -0.2) is 4.90 Å². The highest BCUT2D eigenvalue weighted by Gasteiger charge is 2.67. The molecule has 0 bridgehead atoms. The van der Waals surface area contributed by atoms with Gasteiger partial charge in [0.2, 0.25) is 23.6 Å². The second-order valence-corrected chi connectivity index (χ2v) is 10.8. The van der Waals surface area contributed by atoms with Crippen molar-refractivity contribution in [3.8, 4) is 11.5 Å². The normalized spacial score (nSPS) is 32.2. The van der Waals surface area contributed by atoms with E-state index >= 15 is 0 Å². The molecule has 38 heavy (non-hydrogen) atoms. The highest BCUT2D eigenvalue weighted by Crippen LogP contribution is 2.63. The monoisotopic (exact) mass is 514 g/mol. The number of phenols is 1. The van der Waals surface area contributed by atoms with Crippen molar-refractivity contribution in [3.05, 3.63) is 65.7 Å². The Labute approximate surface area is 220 Å². The van der Waals surface area contributed by atoms with Gasteiger partial charge in [0.15, 0.2) is 11.5 Å². The Kier molecular flexibility index (Phi) is 5.49. The molecule has 2 aliphatic heterocycles. The minimum Gasteiger partial charge on any atom is -0.504 e. The Bertz CT molecular complexity index is 1400. The Morgan fingerprint density at radius 1 is 1.00 bits per heavy atom. The lowest BCUT2D eigenvalue weighted by atomic mass is 9.51. The number of phenolic OH excluding ortho intramolecular Hbond substituents is 1. The third-order valence-electron chi connectivity index (χ3n) is 9.23. The summed E-state index contributed by atoms with van der Waals surface area (Å²) in [5.74, 6) is -3.35. The first-order valence-electron chi connectivity index (χ1n) is 13.1. The number of ether oxygens (including phenoxy) is 1. The van der Waals surface area contributed by atoms with Crippen molar-refractivity contribution in [1.29, 1.82) is 0 Å². The molecule has 1 N–H and O–H groups in total. The number of benzene rings is 2. The summed E-state index contributed by atoms with van der Waals surface area (Å²) in [6.45, 7) is 3.93. The molecule has 4 aliphatic rings. The van der Waals surface area contributed by atoms with Crippen LogP contribution in [0.3, 0.4) is 0 Å². The first-order chi connectivity index (χ1) is 18.2. The number of aromatic hydroxyl groups is 1. The molecule has 2 saturated heterocycles. The minimum atomic E-state index is -1.14. The third kappa shape index (κ3) is 3.09. The number of allylic oxidation sites excluding steroid dienone is 2. The van der Waals surface area contributed by atoms with Gasteiger partial charge in [-0.2, -0.15) is 0 Å². The van der Waals surface area contributed by atoms with Gasteiger partial charge in [-0.1, -0.05) is 35.9 Å². The van der Waals surface area contributed by atoms with Crippen molar-refractivity contribution in [2.75, 3.05) is 18.6 Å². The average Bonchev–Trinajstić information content (AvgIpc) is 3.28. The van der Waals surface area contributed by atoms with Crippen LogP contribution in [0.4, 0.5) is 5.69 Å². The molecule has 2 aromatic carbocycles. The van der Waals surface area contributed by atoms with Gasteiger partial charge in [0.25, 0.3) is 0 Å². The zero-order valence-corrected chi connectivity index (χ0v) is 21.6. The van der Waals surface area contributed by atoms with Gasteiger partial charge in [-0.3, -0.25) is 24.1 Å². The van der Waals surface area contributed by atoms with Crippen LogP contribution in [0.1, 0.15) is 38.2 Å². The Hall–Kier alpha value is -3.94. The molecular formula is C30H30N2O6. The van der Waals surface area contributed by atoms with Gasteiger partial charge >= 0.3 is 0 Å². The van der Waals surface area contributed by atoms with E-state index in [1.165, 1.54) is 16.9 Å². The van der Waals surface area contributed by atoms with E-state index in [0.29, 0.717) is 36.4 Å². The summed E-state index contributed by atoms with van der Waals surface area (Å²) in [5, 5.41) is 10.7. The second-order valence-electron chi connectivity index (χ2n) is 10.8. The van der Waals surface area contributed by atoms with Gasteiger partial charge in [0.05, 0.1) is 36.0 Å². The summed E-state index contributed by atoms with van der Waals surface area (Å²) in [6, 6.07) is 13.9. The van der Waals surface area contributed by atoms with E-state index in [1.807, 2.05) is 25.1 Å². The first kappa shape index (κ1) is 24.4. The lowest BCUT2D eigenvalue weighted by Gasteiger charge is -2.49. The van der Waals surface area contributed by atoms with E-state index in [-0.39, 0.29) is 35.3 Å². The number of imide groups is 2. The number of methoxy groups -OCH3 is 1. The average molecular weight is 515 g/mol. The predicted molar refractivity (Wildman–Crippen MR) is 138 cm³/mol. The molecule has 4 amide bonds. The number of nitrogens with zero attached hydrogens (tertiary/aromatic N) is 2. The van der Waals surface area contributed by atoms with Crippen molar-refractivity contribution >= 4 is 29.3 Å². The van der Waals surface area contributed by atoms with Gasteiger partial charge < -0.3 is 9.84 Å². The zero-order valence-electron chi connectivity index (χ0n) is 21.6. The largest absolute Gasteiger partial charge is 0.504 e. The van der Waals surface area contributed by atoms with Gasteiger partial charge in [0.1, 0.15) is 0 Å². The molecule has 0 spiro atoms. The fraction of sp³-hybridized carbons (Fsp3) is 0.400. The molecule has 2 aliphatic carbocycles. The van der Waals surface area contributed by atoms with E-state index in [4.69, 9.17) is 4.74 Å². The number of fused-ring (bicyclic) bond motifs is 4. The van der Waals surface area contributed by atoms with Crippen molar-refractivity contribution in [2.24, 2.45) is 29.1 Å². The maximum Gasteiger partial charge on any atom is 0.241 e. The molecule has 196 valence electrons. The molecule has 2 heterocycles. The first-order valence-corrected chi connectivity index (χ1v) is 13.1. The summed E-state index contributed by atoms with van der Waals surface area (Å²) < 4.78 is 5.24. The molecular weight excluding hydrogens is 484 g/mol. The van der Waals surface area contributed by atoms with E-state index in [1.54, 1.807) is 43.3 Å². The summed E-state index contributed by atoms with van der Waals surface area (Å²) in [6.07, 6.45) is 2.72. The second kappa shape index (κ2) is 8.55. The number of hydrogen-bond acceptors (Lipinski definition) is 6. The number of carbonyl (C=O) groups is 4. The quantitative estimate of drug-likeness (QED) is 0.493. The smallest absolute Gasteiger partial charge is 0.241 e. The maximum absolute atomic E-state index is 14.2. The van der Waals surface area contributed by atoms with Crippen LogP contribution in [0.15, 0.2) is 60.2 Å².